The number of alkyl halides is 4. The van der Waals surface area contributed by atoms with Gasteiger partial charge >= 0.3 is 12.3 Å². The van der Waals surface area contributed by atoms with Crippen LogP contribution in [0.3, 0.4) is 0 Å². The minimum Gasteiger partial charge on any atom is -0.481 e. The third-order valence-corrected chi connectivity index (χ3v) is 5.09. The van der Waals surface area contributed by atoms with Crippen molar-refractivity contribution in [3.63, 3.8) is 0 Å². The molecule has 0 atom stereocenters. The number of hydrogen-bond acceptors (Lipinski definition) is 3. The van der Waals surface area contributed by atoms with Gasteiger partial charge in [-0.25, -0.2) is 0 Å². The maximum atomic E-state index is 12.4. The zero-order chi connectivity index (χ0) is 19.3. The number of carboxylic acid groups (broad SMARTS) is 1. The Hall–Kier alpha value is -1.63. The van der Waals surface area contributed by atoms with E-state index in [-0.39, 0.29) is 30.0 Å². The van der Waals surface area contributed by atoms with E-state index in [0.717, 1.165) is 31.4 Å². The molecule has 4 nitrogen and oxygen atoms in total. The Morgan fingerprint density at radius 3 is 2.46 bits per heavy atom. The summed E-state index contributed by atoms with van der Waals surface area (Å²) in [5.41, 5.74) is 1.39. The van der Waals surface area contributed by atoms with E-state index in [9.17, 15) is 18.0 Å². The number of carbonyl (C=O) groups is 1. The van der Waals surface area contributed by atoms with Gasteiger partial charge in [0.15, 0.2) is 0 Å². The van der Waals surface area contributed by atoms with Crippen molar-refractivity contribution in [3.05, 3.63) is 23.8 Å². The predicted octanol–water partition coefficient (Wildman–Crippen LogP) is 5.18. The lowest BCUT2D eigenvalue weighted by Crippen LogP contribution is -2.39. The maximum absolute atomic E-state index is 12.4. The number of hydrogen-bond donors (Lipinski definition) is 1. The molecule has 0 bridgehead atoms. The molecule has 146 valence electrons. The van der Waals surface area contributed by atoms with Crippen molar-refractivity contribution in [1.29, 1.82) is 0 Å². The summed E-state index contributed by atoms with van der Waals surface area (Å²) in [5, 5.41) is 8.92. The fraction of sp³-hybridized carbons (Fsp3) is 0.611. The molecule has 0 radical (unpaired) electrons. The smallest absolute Gasteiger partial charge is 0.481 e. The predicted molar refractivity (Wildman–Crippen MR) is 93.7 cm³/mol. The first-order chi connectivity index (χ1) is 12.2. The molecule has 0 aliphatic heterocycles. The van der Waals surface area contributed by atoms with Crippen LogP contribution in [-0.2, 0) is 10.7 Å². The summed E-state index contributed by atoms with van der Waals surface area (Å²) >= 11 is 5.97. The molecule has 0 saturated heterocycles. The summed E-state index contributed by atoms with van der Waals surface area (Å²) < 4.78 is 41.2. The van der Waals surface area contributed by atoms with Gasteiger partial charge in [-0.05, 0) is 62.3 Å². The van der Waals surface area contributed by atoms with Crippen LogP contribution in [0.1, 0.15) is 44.6 Å². The van der Waals surface area contributed by atoms with E-state index in [4.69, 9.17) is 16.7 Å². The Labute approximate surface area is 155 Å². The molecule has 0 spiro atoms. The SMILES string of the molecule is CCN(c1ccc(OC(F)(F)F)cc1CCl)C1CCC(CC(=O)O)CC1. The van der Waals surface area contributed by atoms with Crippen LogP contribution >= 0.6 is 11.6 Å². The zero-order valence-corrected chi connectivity index (χ0v) is 15.3. The first kappa shape index (κ1) is 20.7. The number of halogens is 4. The molecule has 0 amide bonds. The highest BCUT2D eigenvalue weighted by Crippen LogP contribution is 2.36. The Kier molecular flexibility index (Phi) is 7.03. The van der Waals surface area contributed by atoms with E-state index in [0.29, 0.717) is 12.1 Å². The lowest BCUT2D eigenvalue weighted by Gasteiger charge is -2.38. The van der Waals surface area contributed by atoms with Crippen molar-refractivity contribution < 1.29 is 27.8 Å². The number of benzene rings is 1. The monoisotopic (exact) mass is 393 g/mol. The molecule has 1 saturated carbocycles. The summed E-state index contributed by atoms with van der Waals surface area (Å²) in [6.45, 7) is 2.68. The quantitative estimate of drug-likeness (QED) is 0.648. The van der Waals surface area contributed by atoms with Crippen molar-refractivity contribution in [3.8, 4) is 5.75 Å². The minimum atomic E-state index is -4.74. The van der Waals surface area contributed by atoms with E-state index in [1.807, 2.05) is 6.92 Å². The number of nitrogens with zero attached hydrogens (tertiary/aromatic N) is 1. The van der Waals surface area contributed by atoms with Gasteiger partial charge in [-0.3, -0.25) is 4.79 Å². The van der Waals surface area contributed by atoms with Crippen molar-refractivity contribution in [2.75, 3.05) is 11.4 Å². The highest BCUT2D eigenvalue weighted by molar-refractivity contribution is 6.17. The maximum Gasteiger partial charge on any atom is 0.573 e. The summed E-state index contributed by atoms with van der Waals surface area (Å²) in [5.74, 6) is -0.781. The van der Waals surface area contributed by atoms with E-state index < -0.39 is 12.3 Å². The molecule has 1 aliphatic rings. The second kappa shape index (κ2) is 8.84. The molecule has 1 aliphatic carbocycles. The van der Waals surface area contributed by atoms with Gasteiger partial charge in [0, 0.05) is 30.6 Å². The summed E-state index contributed by atoms with van der Waals surface area (Å²) in [7, 11) is 0. The molecule has 0 unspecified atom stereocenters. The van der Waals surface area contributed by atoms with Gasteiger partial charge in [0.05, 0.1) is 0 Å². The van der Waals surface area contributed by atoms with Crippen molar-refractivity contribution in [1.82, 2.24) is 0 Å². The molecular formula is C18H23ClF3NO3. The van der Waals surface area contributed by atoms with Crippen molar-refractivity contribution in [2.45, 2.75) is 57.3 Å². The van der Waals surface area contributed by atoms with Crippen LogP contribution in [0.25, 0.3) is 0 Å². The first-order valence-corrected chi connectivity index (χ1v) is 9.20. The third kappa shape index (κ3) is 5.69. The number of ether oxygens (including phenoxy) is 1. The summed E-state index contributed by atoms with van der Waals surface area (Å²) in [6, 6.07) is 4.47. The topological polar surface area (TPSA) is 49.8 Å². The molecule has 0 aromatic heterocycles. The van der Waals surface area contributed by atoms with Gasteiger partial charge < -0.3 is 14.7 Å². The van der Waals surface area contributed by atoms with E-state index in [1.54, 1.807) is 6.07 Å². The zero-order valence-electron chi connectivity index (χ0n) is 14.6. The fourth-order valence-electron chi connectivity index (χ4n) is 3.68. The average Bonchev–Trinajstić information content (AvgIpc) is 2.56. The highest BCUT2D eigenvalue weighted by atomic mass is 35.5. The third-order valence-electron chi connectivity index (χ3n) is 4.80. The Morgan fingerprint density at radius 1 is 1.31 bits per heavy atom. The Morgan fingerprint density at radius 2 is 1.96 bits per heavy atom. The number of carboxylic acids is 1. The second-order valence-electron chi connectivity index (χ2n) is 6.53. The van der Waals surface area contributed by atoms with Crippen molar-refractivity contribution >= 4 is 23.3 Å². The van der Waals surface area contributed by atoms with E-state index >= 15 is 0 Å². The van der Waals surface area contributed by atoms with Crippen LogP contribution in [0.4, 0.5) is 18.9 Å². The van der Waals surface area contributed by atoms with Crippen LogP contribution in [-0.4, -0.2) is 30.0 Å². The van der Waals surface area contributed by atoms with Crippen LogP contribution in [0.2, 0.25) is 0 Å². The first-order valence-electron chi connectivity index (χ1n) is 8.66. The van der Waals surface area contributed by atoms with Gasteiger partial charge in [0.25, 0.3) is 0 Å². The molecular weight excluding hydrogens is 371 g/mol. The van der Waals surface area contributed by atoms with Crippen LogP contribution in [0.15, 0.2) is 18.2 Å². The highest BCUT2D eigenvalue weighted by Gasteiger charge is 2.32. The van der Waals surface area contributed by atoms with Gasteiger partial charge in [-0.2, -0.15) is 0 Å². The number of anilines is 1. The molecule has 1 aromatic carbocycles. The fourth-order valence-corrected chi connectivity index (χ4v) is 3.89. The molecule has 8 heteroatoms. The number of rotatable bonds is 7. The Balaban J connectivity index is 2.13. The van der Waals surface area contributed by atoms with Gasteiger partial charge in [-0.15, -0.1) is 24.8 Å². The minimum absolute atomic E-state index is 0.0786. The van der Waals surface area contributed by atoms with E-state index in [2.05, 4.69) is 9.64 Å². The molecule has 2 rings (SSSR count). The molecule has 0 heterocycles. The van der Waals surface area contributed by atoms with Crippen LogP contribution in [0.5, 0.6) is 5.75 Å². The standard InChI is InChI=1S/C18H23ClF3NO3/c1-2-23(14-5-3-12(4-6-14)9-17(24)25)16-8-7-15(10-13(16)11-19)26-18(20,21)22/h7-8,10,12,14H,2-6,9,11H2,1H3,(H,24,25). The lowest BCUT2D eigenvalue weighted by atomic mass is 9.83. The largest absolute Gasteiger partial charge is 0.573 e. The van der Waals surface area contributed by atoms with Crippen LogP contribution < -0.4 is 9.64 Å². The lowest BCUT2D eigenvalue weighted by molar-refractivity contribution is -0.274. The average molecular weight is 394 g/mol. The van der Waals surface area contributed by atoms with E-state index in [1.165, 1.54) is 12.1 Å². The Bertz CT molecular complexity index is 616. The van der Waals surface area contributed by atoms with Crippen LogP contribution in [0, 0.1) is 5.92 Å². The normalized spacial score (nSPS) is 20.7. The van der Waals surface area contributed by atoms with Gasteiger partial charge in [-0.1, -0.05) is 0 Å². The van der Waals surface area contributed by atoms with Gasteiger partial charge in [0.2, 0.25) is 0 Å². The molecule has 1 N–H and O–H groups in total. The van der Waals surface area contributed by atoms with Gasteiger partial charge in [0.1, 0.15) is 5.75 Å². The van der Waals surface area contributed by atoms with Crippen molar-refractivity contribution in [2.24, 2.45) is 5.92 Å². The summed E-state index contributed by atoms with van der Waals surface area (Å²) in [6.07, 6.45) is -1.17. The molecule has 1 aromatic rings. The second-order valence-corrected chi connectivity index (χ2v) is 6.80. The molecule has 26 heavy (non-hydrogen) atoms. The number of aliphatic carboxylic acids is 1. The molecule has 1 fully saturated rings. The summed E-state index contributed by atoms with van der Waals surface area (Å²) in [4.78, 5) is 13.0.